The summed E-state index contributed by atoms with van der Waals surface area (Å²) in [6.07, 6.45) is 0.642. The second-order valence-electron chi connectivity index (χ2n) is 6.19. The van der Waals surface area contributed by atoms with Crippen LogP contribution in [-0.2, 0) is 6.42 Å². The van der Waals surface area contributed by atoms with Crippen LogP contribution < -0.4 is 15.5 Å². The molecule has 0 unspecified atom stereocenters. The van der Waals surface area contributed by atoms with E-state index in [0.717, 1.165) is 16.3 Å². The lowest BCUT2D eigenvalue weighted by atomic mass is 10.0. The Labute approximate surface area is 167 Å². The molecule has 0 radical (unpaired) electrons. The number of hydroxylamine groups is 1. The Hall–Kier alpha value is -3.09. The van der Waals surface area contributed by atoms with Crippen LogP contribution in [0.5, 0.6) is 5.75 Å². The molecule has 0 spiro atoms. The van der Waals surface area contributed by atoms with Crippen molar-refractivity contribution in [1.29, 1.82) is 0 Å². The van der Waals surface area contributed by atoms with Gasteiger partial charge in [-0.15, -0.1) is 0 Å². The molecule has 0 fully saturated rings. The average Bonchev–Trinajstić information content (AvgIpc) is 2.72. The largest absolute Gasteiger partial charge is 0.495 e. The third-order valence-corrected chi connectivity index (χ3v) is 4.68. The summed E-state index contributed by atoms with van der Waals surface area (Å²) in [5.74, 6) is -0.147. The van der Waals surface area contributed by atoms with E-state index in [9.17, 15) is 9.59 Å². The van der Waals surface area contributed by atoms with E-state index in [1.165, 1.54) is 0 Å². The van der Waals surface area contributed by atoms with Crippen molar-refractivity contribution in [2.75, 3.05) is 13.7 Å². The Morgan fingerprint density at radius 3 is 2.18 bits per heavy atom. The van der Waals surface area contributed by atoms with Gasteiger partial charge in [-0.25, -0.2) is 5.48 Å². The molecule has 6 nitrogen and oxygen atoms in total. The molecule has 0 aliphatic rings. The molecule has 3 aromatic carbocycles. The van der Waals surface area contributed by atoms with Crippen LogP contribution in [-0.4, -0.2) is 30.7 Å². The van der Waals surface area contributed by atoms with Crippen LogP contribution in [0.15, 0.2) is 54.6 Å². The molecule has 3 aromatic rings. The summed E-state index contributed by atoms with van der Waals surface area (Å²) < 4.78 is 5.13. The Balaban J connectivity index is 1.64. The summed E-state index contributed by atoms with van der Waals surface area (Å²) in [6.45, 7) is 0.467. The molecule has 0 aliphatic heterocycles. The number of rotatable bonds is 6. The van der Waals surface area contributed by atoms with E-state index < -0.39 is 5.91 Å². The Kier molecular flexibility index (Phi) is 6.13. The van der Waals surface area contributed by atoms with Gasteiger partial charge in [-0.05, 0) is 59.2 Å². The summed E-state index contributed by atoms with van der Waals surface area (Å²) in [6, 6.07) is 15.7. The van der Waals surface area contributed by atoms with Crippen LogP contribution in [0, 0.1) is 0 Å². The smallest absolute Gasteiger partial charge is 0.274 e. The van der Waals surface area contributed by atoms with Gasteiger partial charge in [0.05, 0.1) is 12.1 Å². The molecule has 0 bridgehead atoms. The van der Waals surface area contributed by atoms with Gasteiger partial charge in [0, 0.05) is 17.7 Å². The van der Waals surface area contributed by atoms with Crippen LogP contribution in [0.4, 0.5) is 0 Å². The van der Waals surface area contributed by atoms with Gasteiger partial charge in [-0.3, -0.25) is 14.8 Å². The zero-order chi connectivity index (χ0) is 20.1. The SMILES string of the molecule is COc1ccc(CCNC(=O)c2ccc3cc(C(=O)NO)ccc3c2)cc1Cl. The van der Waals surface area contributed by atoms with Crippen LogP contribution in [0.3, 0.4) is 0 Å². The molecule has 0 aromatic heterocycles. The van der Waals surface area contributed by atoms with Crippen LogP contribution in [0.2, 0.25) is 5.02 Å². The van der Waals surface area contributed by atoms with Crippen LogP contribution in [0.25, 0.3) is 10.8 Å². The van der Waals surface area contributed by atoms with Crippen molar-refractivity contribution in [3.05, 3.63) is 76.3 Å². The Bertz CT molecular complexity index is 1040. The highest BCUT2D eigenvalue weighted by Crippen LogP contribution is 2.25. The predicted octanol–water partition coefficient (Wildman–Crippen LogP) is 3.59. The van der Waals surface area contributed by atoms with Gasteiger partial charge in [-0.2, -0.15) is 0 Å². The molecule has 0 saturated carbocycles. The van der Waals surface area contributed by atoms with Crippen molar-refractivity contribution in [2.24, 2.45) is 0 Å². The van der Waals surface area contributed by atoms with E-state index in [4.69, 9.17) is 21.5 Å². The zero-order valence-corrected chi connectivity index (χ0v) is 15.9. The zero-order valence-electron chi connectivity index (χ0n) is 15.2. The van der Waals surface area contributed by atoms with Crippen LogP contribution in [0.1, 0.15) is 26.3 Å². The summed E-state index contributed by atoms with van der Waals surface area (Å²) >= 11 is 6.11. The number of carbonyl (C=O) groups excluding carboxylic acids is 2. The Morgan fingerprint density at radius 1 is 0.964 bits per heavy atom. The molecule has 7 heteroatoms. The second kappa shape index (κ2) is 8.73. The van der Waals surface area contributed by atoms with E-state index in [2.05, 4.69) is 5.32 Å². The van der Waals surface area contributed by atoms with Crippen molar-refractivity contribution in [1.82, 2.24) is 10.8 Å². The number of hydrogen-bond donors (Lipinski definition) is 3. The van der Waals surface area contributed by atoms with Gasteiger partial charge in [0.1, 0.15) is 5.75 Å². The molecule has 28 heavy (non-hydrogen) atoms. The van der Waals surface area contributed by atoms with Crippen molar-refractivity contribution in [3.63, 3.8) is 0 Å². The highest BCUT2D eigenvalue weighted by atomic mass is 35.5. The number of methoxy groups -OCH3 is 1. The summed E-state index contributed by atoms with van der Waals surface area (Å²) in [5, 5.41) is 13.8. The topological polar surface area (TPSA) is 87.7 Å². The van der Waals surface area contributed by atoms with Crippen molar-refractivity contribution in [3.8, 4) is 5.75 Å². The molecule has 0 aliphatic carbocycles. The summed E-state index contributed by atoms with van der Waals surface area (Å²) in [4.78, 5) is 23.9. The number of nitrogens with one attached hydrogen (secondary N) is 2. The predicted molar refractivity (Wildman–Crippen MR) is 107 cm³/mol. The molecule has 0 saturated heterocycles. The number of fused-ring (bicyclic) bond motifs is 1. The van der Waals surface area contributed by atoms with Gasteiger partial charge in [0.15, 0.2) is 0 Å². The first-order chi connectivity index (χ1) is 13.5. The minimum absolute atomic E-state index is 0.182. The highest BCUT2D eigenvalue weighted by Gasteiger charge is 2.09. The number of carbonyl (C=O) groups is 2. The first kappa shape index (κ1) is 19.7. The van der Waals surface area contributed by atoms with E-state index in [0.29, 0.717) is 34.9 Å². The van der Waals surface area contributed by atoms with Gasteiger partial charge < -0.3 is 10.1 Å². The minimum Gasteiger partial charge on any atom is -0.495 e. The maximum absolute atomic E-state index is 12.4. The molecular weight excluding hydrogens is 380 g/mol. The first-order valence-corrected chi connectivity index (χ1v) is 8.98. The number of hydrogen-bond acceptors (Lipinski definition) is 4. The lowest BCUT2D eigenvalue weighted by Gasteiger charge is -2.09. The molecule has 3 N–H and O–H groups in total. The molecular formula is C21H19ClN2O4. The first-order valence-electron chi connectivity index (χ1n) is 8.60. The number of ether oxygens (including phenoxy) is 1. The number of halogens is 1. The van der Waals surface area contributed by atoms with Crippen molar-refractivity contribution in [2.45, 2.75) is 6.42 Å². The second-order valence-corrected chi connectivity index (χ2v) is 6.60. The van der Waals surface area contributed by atoms with E-state index in [-0.39, 0.29) is 5.91 Å². The third kappa shape index (κ3) is 4.42. The molecule has 0 heterocycles. The number of benzene rings is 3. The molecule has 3 rings (SSSR count). The fourth-order valence-corrected chi connectivity index (χ4v) is 3.16. The fourth-order valence-electron chi connectivity index (χ4n) is 2.88. The Morgan fingerprint density at radius 2 is 1.61 bits per heavy atom. The lowest BCUT2D eigenvalue weighted by Crippen LogP contribution is -2.25. The van der Waals surface area contributed by atoms with E-state index >= 15 is 0 Å². The number of amides is 2. The van der Waals surface area contributed by atoms with Crippen molar-refractivity contribution >= 4 is 34.2 Å². The summed E-state index contributed by atoms with van der Waals surface area (Å²) in [7, 11) is 1.56. The monoisotopic (exact) mass is 398 g/mol. The standard InChI is InChI=1S/C21H19ClN2O4/c1-28-19-7-2-13(10-18(19)22)8-9-23-20(25)16-5-3-15-12-17(21(26)24-27)6-4-14(15)11-16/h2-7,10-12,27H,8-9H2,1H3,(H,23,25)(H,24,26). The lowest BCUT2D eigenvalue weighted by molar-refractivity contribution is 0.0706. The van der Waals surface area contributed by atoms with Crippen molar-refractivity contribution < 1.29 is 19.5 Å². The normalized spacial score (nSPS) is 10.5. The molecule has 0 atom stereocenters. The maximum Gasteiger partial charge on any atom is 0.274 e. The summed E-state index contributed by atoms with van der Waals surface area (Å²) in [5.41, 5.74) is 3.47. The van der Waals surface area contributed by atoms with Crippen LogP contribution >= 0.6 is 11.6 Å². The quantitative estimate of drug-likeness (QED) is 0.437. The average molecular weight is 399 g/mol. The molecule has 2 amide bonds. The van der Waals surface area contributed by atoms with Gasteiger partial charge >= 0.3 is 0 Å². The highest BCUT2D eigenvalue weighted by molar-refractivity contribution is 6.32. The minimum atomic E-state index is -0.581. The van der Waals surface area contributed by atoms with Gasteiger partial charge in [0.2, 0.25) is 0 Å². The molecule has 144 valence electrons. The fraction of sp³-hybridized carbons (Fsp3) is 0.143. The van der Waals surface area contributed by atoms with E-state index in [1.807, 2.05) is 12.1 Å². The van der Waals surface area contributed by atoms with Gasteiger partial charge in [-0.1, -0.05) is 29.8 Å². The van der Waals surface area contributed by atoms with Gasteiger partial charge in [0.25, 0.3) is 11.8 Å². The third-order valence-electron chi connectivity index (χ3n) is 4.38. The maximum atomic E-state index is 12.4. The van der Waals surface area contributed by atoms with E-state index in [1.54, 1.807) is 55.1 Å².